The largest absolute Gasteiger partial charge is 0.462 e. The van der Waals surface area contributed by atoms with Crippen LogP contribution in [0.3, 0.4) is 0 Å². The Labute approximate surface area is 402 Å². The number of esters is 3. The van der Waals surface area contributed by atoms with Crippen molar-refractivity contribution in [1.29, 1.82) is 0 Å². The Balaban J connectivity index is 4.43. The number of carbonyl (C=O) groups is 3. The fourth-order valence-corrected chi connectivity index (χ4v) is 7.58. The predicted octanol–water partition coefficient (Wildman–Crippen LogP) is 18.2. The van der Waals surface area contributed by atoms with Gasteiger partial charge in [0.25, 0.3) is 0 Å². The molecule has 0 aromatic carbocycles. The third-order valence-corrected chi connectivity index (χ3v) is 11.7. The maximum atomic E-state index is 12.8. The third-order valence-electron chi connectivity index (χ3n) is 11.7. The average Bonchev–Trinajstić information content (AvgIpc) is 3.30. The molecule has 0 aliphatic heterocycles. The fourth-order valence-electron chi connectivity index (χ4n) is 7.58. The lowest BCUT2D eigenvalue weighted by Gasteiger charge is -2.18. The van der Waals surface area contributed by atoms with E-state index in [1.54, 1.807) is 0 Å². The molecule has 1 atom stereocenters. The van der Waals surface area contributed by atoms with Crippen molar-refractivity contribution in [2.45, 2.75) is 271 Å². The lowest BCUT2D eigenvalue weighted by molar-refractivity contribution is -0.167. The van der Waals surface area contributed by atoms with E-state index in [1.807, 2.05) is 0 Å². The highest BCUT2D eigenvalue weighted by Crippen LogP contribution is 2.15. The minimum absolute atomic E-state index is 0.0873. The first kappa shape index (κ1) is 61.9. The molecule has 6 nitrogen and oxygen atoms in total. The smallest absolute Gasteiger partial charge is 0.306 e. The zero-order valence-electron chi connectivity index (χ0n) is 42.7. The highest BCUT2D eigenvalue weighted by atomic mass is 16.6. The number of hydrogen-bond acceptors (Lipinski definition) is 6. The van der Waals surface area contributed by atoms with Crippen LogP contribution in [-0.4, -0.2) is 37.2 Å². The third kappa shape index (κ3) is 51.7. The molecule has 0 aliphatic rings. The van der Waals surface area contributed by atoms with Crippen LogP contribution in [0.1, 0.15) is 265 Å². The molecule has 0 saturated heterocycles. The van der Waals surface area contributed by atoms with Gasteiger partial charge in [-0.05, 0) is 89.9 Å². The maximum Gasteiger partial charge on any atom is 0.306 e. The monoisotopic (exact) mass is 907 g/mol. The van der Waals surface area contributed by atoms with E-state index in [0.717, 1.165) is 109 Å². The number of hydrogen-bond donors (Lipinski definition) is 0. The molecule has 0 aromatic rings. The van der Waals surface area contributed by atoms with Gasteiger partial charge in [0.05, 0.1) is 0 Å². The van der Waals surface area contributed by atoms with Gasteiger partial charge >= 0.3 is 17.9 Å². The van der Waals surface area contributed by atoms with Crippen LogP contribution in [0.4, 0.5) is 0 Å². The lowest BCUT2D eigenvalue weighted by atomic mass is 10.0. The molecule has 0 aliphatic carbocycles. The summed E-state index contributed by atoms with van der Waals surface area (Å²) in [7, 11) is 0. The standard InChI is InChI=1S/C59H102O6/c1-4-7-10-13-16-19-22-25-28-29-30-31-32-35-37-40-43-46-49-52-58(61)64-55-56(65-59(62)53-50-47-44-41-38-34-27-24-21-18-15-12-9-6-3)54-63-57(60)51-48-45-42-39-36-33-26-23-20-17-14-11-8-5-2/h7,10,16,19,24-25,27-28,30-31,35,37,56H,4-6,8-9,11-15,17-18,20-23,26,29,32-34,36,38-55H2,1-3H3/b10-7-,19-16-,27-24-,28-25-,31-30-,37-35-/t56-/m1/s1. The number of carbonyl (C=O) groups excluding carboxylic acids is 3. The normalized spacial score (nSPS) is 12.6. The molecule has 374 valence electrons. The molecular formula is C59H102O6. The van der Waals surface area contributed by atoms with Crippen molar-refractivity contribution in [3.8, 4) is 0 Å². The van der Waals surface area contributed by atoms with E-state index >= 15 is 0 Å². The van der Waals surface area contributed by atoms with Crippen molar-refractivity contribution in [3.05, 3.63) is 72.9 Å². The molecule has 0 aromatic heterocycles. The second-order valence-corrected chi connectivity index (χ2v) is 18.1. The van der Waals surface area contributed by atoms with Crippen molar-refractivity contribution in [3.63, 3.8) is 0 Å². The summed E-state index contributed by atoms with van der Waals surface area (Å²) in [5.41, 5.74) is 0. The molecule has 0 N–H and O–H groups in total. The summed E-state index contributed by atoms with van der Waals surface area (Å²) in [6, 6.07) is 0. The van der Waals surface area contributed by atoms with Gasteiger partial charge in [0.2, 0.25) is 0 Å². The van der Waals surface area contributed by atoms with E-state index in [4.69, 9.17) is 14.2 Å². The second-order valence-electron chi connectivity index (χ2n) is 18.1. The Morgan fingerprint density at radius 3 is 0.969 bits per heavy atom. The Kier molecular flexibility index (Phi) is 50.9. The average molecular weight is 907 g/mol. The van der Waals surface area contributed by atoms with E-state index in [1.165, 1.54) is 116 Å². The molecule has 65 heavy (non-hydrogen) atoms. The van der Waals surface area contributed by atoms with Crippen LogP contribution in [0.15, 0.2) is 72.9 Å². The van der Waals surface area contributed by atoms with Gasteiger partial charge in [-0.25, -0.2) is 0 Å². The SMILES string of the molecule is CC/C=C\C/C=C\C/C=C\C/C=C\C/C=C\CCCCCC(=O)OC[C@@H](COC(=O)CCCCCCCCCCCCCCCC)OC(=O)CCCCCCC/C=C\CCCCCCC. The summed E-state index contributed by atoms with van der Waals surface area (Å²) in [4.78, 5) is 38.1. The fraction of sp³-hybridized carbons (Fsp3) is 0.746. The van der Waals surface area contributed by atoms with Crippen molar-refractivity contribution >= 4 is 17.9 Å². The molecule has 0 spiro atoms. The molecular weight excluding hydrogens is 805 g/mol. The highest BCUT2D eigenvalue weighted by Gasteiger charge is 2.19. The van der Waals surface area contributed by atoms with Crippen LogP contribution >= 0.6 is 0 Å². The number of ether oxygens (including phenoxy) is 3. The molecule has 0 heterocycles. The Bertz CT molecular complexity index is 1230. The summed E-state index contributed by atoms with van der Waals surface area (Å²) in [5.74, 6) is -0.923. The number of allylic oxidation sites excluding steroid dienone is 12. The van der Waals surface area contributed by atoms with Crippen LogP contribution in [0.2, 0.25) is 0 Å². The van der Waals surface area contributed by atoms with Gasteiger partial charge in [0, 0.05) is 19.3 Å². The van der Waals surface area contributed by atoms with E-state index in [-0.39, 0.29) is 31.1 Å². The highest BCUT2D eigenvalue weighted by molar-refractivity contribution is 5.71. The van der Waals surface area contributed by atoms with Crippen molar-refractivity contribution < 1.29 is 28.6 Å². The summed E-state index contributed by atoms with van der Waals surface area (Å²) in [6.45, 7) is 6.49. The van der Waals surface area contributed by atoms with Gasteiger partial charge in [-0.15, -0.1) is 0 Å². The minimum Gasteiger partial charge on any atom is -0.462 e. The van der Waals surface area contributed by atoms with Gasteiger partial charge in [0.15, 0.2) is 6.10 Å². The molecule has 0 bridgehead atoms. The molecule has 0 amide bonds. The van der Waals surface area contributed by atoms with Crippen LogP contribution in [0.25, 0.3) is 0 Å². The molecule has 0 radical (unpaired) electrons. The Morgan fingerprint density at radius 2 is 0.600 bits per heavy atom. The van der Waals surface area contributed by atoms with Gasteiger partial charge in [-0.3, -0.25) is 14.4 Å². The summed E-state index contributed by atoms with van der Waals surface area (Å²) in [6.07, 6.45) is 67.4. The van der Waals surface area contributed by atoms with Crippen LogP contribution in [0.5, 0.6) is 0 Å². The van der Waals surface area contributed by atoms with Gasteiger partial charge in [-0.2, -0.15) is 0 Å². The lowest BCUT2D eigenvalue weighted by Crippen LogP contribution is -2.30. The number of rotatable bonds is 49. The van der Waals surface area contributed by atoms with E-state index in [2.05, 4.69) is 93.7 Å². The van der Waals surface area contributed by atoms with Crippen LogP contribution in [-0.2, 0) is 28.6 Å². The van der Waals surface area contributed by atoms with Crippen molar-refractivity contribution in [2.24, 2.45) is 0 Å². The van der Waals surface area contributed by atoms with Crippen molar-refractivity contribution in [2.75, 3.05) is 13.2 Å². The second kappa shape index (κ2) is 53.5. The van der Waals surface area contributed by atoms with Gasteiger partial charge in [-0.1, -0.05) is 229 Å². The molecule has 0 saturated carbocycles. The first-order chi connectivity index (χ1) is 32.0. The number of unbranched alkanes of at least 4 members (excludes halogenated alkanes) is 26. The Hall–Kier alpha value is -3.15. The first-order valence-corrected chi connectivity index (χ1v) is 27.4. The van der Waals surface area contributed by atoms with Crippen LogP contribution in [0, 0.1) is 0 Å². The molecule has 6 heteroatoms. The van der Waals surface area contributed by atoms with Gasteiger partial charge < -0.3 is 14.2 Å². The Morgan fingerprint density at radius 1 is 0.323 bits per heavy atom. The van der Waals surface area contributed by atoms with E-state index in [0.29, 0.717) is 19.3 Å². The molecule has 0 fully saturated rings. The van der Waals surface area contributed by atoms with Crippen molar-refractivity contribution in [1.82, 2.24) is 0 Å². The van der Waals surface area contributed by atoms with E-state index < -0.39 is 6.10 Å². The molecule has 0 rings (SSSR count). The van der Waals surface area contributed by atoms with Gasteiger partial charge in [0.1, 0.15) is 13.2 Å². The zero-order valence-corrected chi connectivity index (χ0v) is 42.7. The summed E-state index contributed by atoms with van der Waals surface area (Å²) in [5, 5.41) is 0. The maximum absolute atomic E-state index is 12.8. The molecule has 0 unspecified atom stereocenters. The summed E-state index contributed by atoms with van der Waals surface area (Å²) < 4.78 is 16.8. The topological polar surface area (TPSA) is 78.9 Å². The summed E-state index contributed by atoms with van der Waals surface area (Å²) >= 11 is 0. The zero-order chi connectivity index (χ0) is 47.2. The minimum atomic E-state index is -0.791. The quantitative estimate of drug-likeness (QED) is 0.0262. The van der Waals surface area contributed by atoms with Crippen LogP contribution < -0.4 is 0 Å². The van der Waals surface area contributed by atoms with E-state index in [9.17, 15) is 14.4 Å². The predicted molar refractivity (Wildman–Crippen MR) is 279 cm³/mol. The first-order valence-electron chi connectivity index (χ1n) is 27.4.